The molecule has 0 amide bonds. The predicted molar refractivity (Wildman–Crippen MR) is 227 cm³/mol. The SMILES string of the molecule is c1ccc(-c2nc(-c3ccc4ccccc4c3)nc(-c3ccc(-c4ccc(-c5ccccc5)c5c4oc4cc6ccccc6cc45)c4ccccc34)n2)cc1. The molecule has 0 unspecified atom stereocenters. The molecular formula is C51H31N3O. The van der Waals surface area contributed by atoms with Gasteiger partial charge in [0.1, 0.15) is 11.2 Å². The zero-order valence-corrected chi connectivity index (χ0v) is 29.6. The largest absolute Gasteiger partial charge is 0.455 e. The lowest BCUT2D eigenvalue weighted by Gasteiger charge is -2.14. The van der Waals surface area contributed by atoms with Gasteiger partial charge in [-0.25, -0.2) is 15.0 Å². The van der Waals surface area contributed by atoms with Crippen LogP contribution >= 0.6 is 0 Å². The second-order valence-electron chi connectivity index (χ2n) is 14.0. The third-order valence-electron chi connectivity index (χ3n) is 10.7. The lowest BCUT2D eigenvalue weighted by atomic mass is 9.91. The maximum Gasteiger partial charge on any atom is 0.164 e. The highest BCUT2D eigenvalue weighted by Crippen LogP contribution is 2.45. The Bertz CT molecular complexity index is 3260. The van der Waals surface area contributed by atoms with Gasteiger partial charge in [-0.1, -0.05) is 158 Å². The minimum absolute atomic E-state index is 0.625. The Morgan fingerprint density at radius 2 is 0.836 bits per heavy atom. The van der Waals surface area contributed by atoms with Crippen LogP contribution in [0.5, 0.6) is 0 Å². The molecule has 0 fully saturated rings. The molecule has 0 spiro atoms. The first-order valence-electron chi connectivity index (χ1n) is 18.5. The van der Waals surface area contributed by atoms with Crippen molar-refractivity contribution in [2.24, 2.45) is 0 Å². The van der Waals surface area contributed by atoms with Gasteiger partial charge in [-0.2, -0.15) is 0 Å². The average Bonchev–Trinajstić information content (AvgIpc) is 3.63. The quantitative estimate of drug-likeness (QED) is 0.179. The highest BCUT2D eigenvalue weighted by Gasteiger charge is 2.21. The maximum atomic E-state index is 6.90. The number of hydrogen-bond acceptors (Lipinski definition) is 4. The smallest absolute Gasteiger partial charge is 0.164 e. The number of benzene rings is 9. The Labute approximate surface area is 317 Å². The fraction of sp³-hybridized carbons (Fsp3) is 0. The highest BCUT2D eigenvalue weighted by molar-refractivity contribution is 6.20. The van der Waals surface area contributed by atoms with E-state index >= 15 is 0 Å². The third kappa shape index (κ3) is 5.26. The molecule has 4 heteroatoms. The minimum atomic E-state index is 0.625. The monoisotopic (exact) mass is 701 g/mol. The Kier molecular flexibility index (Phi) is 7.14. The normalized spacial score (nSPS) is 11.6. The molecule has 2 heterocycles. The molecule has 0 aliphatic heterocycles. The summed E-state index contributed by atoms with van der Waals surface area (Å²) in [5, 5.41) is 9.02. The summed E-state index contributed by atoms with van der Waals surface area (Å²) in [5.41, 5.74) is 8.99. The molecule has 256 valence electrons. The molecule has 0 radical (unpaired) electrons. The van der Waals surface area contributed by atoms with E-state index in [1.165, 1.54) is 10.8 Å². The van der Waals surface area contributed by atoms with Gasteiger partial charge in [0.05, 0.1) is 0 Å². The van der Waals surface area contributed by atoms with Crippen LogP contribution in [0.1, 0.15) is 0 Å². The van der Waals surface area contributed by atoms with Gasteiger partial charge in [-0.05, 0) is 79.3 Å². The summed E-state index contributed by atoms with van der Waals surface area (Å²) in [6.07, 6.45) is 0. The van der Waals surface area contributed by atoms with E-state index in [-0.39, 0.29) is 0 Å². The highest BCUT2D eigenvalue weighted by atomic mass is 16.3. The number of hydrogen-bond donors (Lipinski definition) is 0. The fourth-order valence-electron chi connectivity index (χ4n) is 8.03. The van der Waals surface area contributed by atoms with Crippen LogP contribution in [-0.2, 0) is 0 Å². The lowest BCUT2D eigenvalue weighted by Crippen LogP contribution is -2.01. The molecule has 0 saturated carbocycles. The van der Waals surface area contributed by atoms with Gasteiger partial charge in [-0.15, -0.1) is 0 Å². The molecule has 0 atom stereocenters. The van der Waals surface area contributed by atoms with Crippen LogP contribution in [0.25, 0.3) is 111 Å². The summed E-state index contributed by atoms with van der Waals surface area (Å²) in [6, 6.07) is 65.7. The van der Waals surface area contributed by atoms with Crippen LogP contribution < -0.4 is 0 Å². The summed E-state index contributed by atoms with van der Waals surface area (Å²) in [5.74, 6) is 1.89. The molecule has 0 N–H and O–H groups in total. The van der Waals surface area contributed by atoms with Gasteiger partial charge < -0.3 is 4.42 Å². The molecule has 9 aromatic carbocycles. The molecule has 4 nitrogen and oxygen atoms in total. The molecule has 11 rings (SSSR count). The number of furan rings is 1. The van der Waals surface area contributed by atoms with Crippen molar-refractivity contribution in [1.82, 2.24) is 15.0 Å². The van der Waals surface area contributed by atoms with Crippen LogP contribution in [0.4, 0.5) is 0 Å². The second kappa shape index (κ2) is 12.6. The molecule has 0 saturated heterocycles. The summed E-state index contributed by atoms with van der Waals surface area (Å²) < 4.78 is 6.90. The zero-order valence-electron chi connectivity index (χ0n) is 29.6. The molecule has 0 aliphatic carbocycles. The van der Waals surface area contributed by atoms with Crippen molar-refractivity contribution >= 4 is 54.3 Å². The van der Waals surface area contributed by atoms with Crippen LogP contribution in [0.2, 0.25) is 0 Å². The minimum Gasteiger partial charge on any atom is -0.455 e. The standard InChI is InChI=1S/C51H31N3O/c1-3-14-33(15-4-1)39-25-27-43(48-47(39)45-30-36-19-9-10-20-37(36)31-46(45)55-48)42-26-28-44(41-22-12-11-21-40(41)42)51-53-49(34-16-5-2-6-17-34)52-50(54-51)38-24-23-32-13-7-8-18-35(32)29-38/h1-31H. The summed E-state index contributed by atoms with van der Waals surface area (Å²) in [6.45, 7) is 0. The van der Waals surface area contributed by atoms with Crippen molar-refractivity contribution in [3.63, 3.8) is 0 Å². The molecule has 55 heavy (non-hydrogen) atoms. The van der Waals surface area contributed by atoms with Gasteiger partial charge in [-0.3, -0.25) is 0 Å². The Morgan fingerprint density at radius 3 is 1.58 bits per heavy atom. The van der Waals surface area contributed by atoms with Crippen molar-refractivity contribution in [2.45, 2.75) is 0 Å². The van der Waals surface area contributed by atoms with E-state index in [2.05, 4.69) is 158 Å². The first-order chi connectivity index (χ1) is 27.2. The Balaban J connectivity index is 1.14. The number of fused-ring (bicyclic) bond motifs is 6. The number of nitrogens with zero attached hydrogens (tertiary/aromatic N) is 3. The van der Waals surface area contributed by atoms with Gasteiger partial charge in [0, 0.05) is 33.0 Å². The lowest BCUT2D eigenvalue weighted by molar-refractivity contribution is 0.670. The fourth-order valence-corrected chi connectivity index (χ4v) is 8.03. The molecule has 0 bridgehead atoms. The van der Waals surface area contributed by atoms with Crippen LogP contribution in [0, 0.1) is 0 Å². The predicted octanol–water partition coefficient (Wildman–Crippen LogP) is 13.6. The molecule has 11 aromatic rings. The van der Waals surface area contributed by atoms with E-state index < -0.39 is 0 Å². The third-order valence-corrected chi connectivity index (χ3v) is 10.7. The van der Waals surface area contributed by atoms with Gasteiger partial charge >= 0.3 is 0 Å². The first-order valence-corrected chi connectivity index (χ1v) is 18.5. The van der Waals surface area contributed by atoms with E-state index in [0.29, 0.717) is 17.5 Å². The van der Waals surface area contributed by atoms with Gasteiger partial charge in [0.15, 0.2) is 17.5 Å². The van der Waals surface area contributed by atoms with E-state index in [4.69, 9.17) is 19.4 Å². The Morgan fingerprint density at radius 1 is 0.309 bits per heavy atom. The molecular weight excluding hydrogens is 671 g/mol. The van der Waals surface area contributed by atoms with Crippen molar-refractivity contribution < 1.29 is 4.42 Å². The maximum absolute atomic E-state index is 6.90. The van der Waals surface area contributed by atoms with Crippen LogP contribution in [0.15, 0.2) is 192 Å². The van der Waals surface area contributed by atoms with Crippen molar-refractivity contribution in [2.75, 3.05) is 0 Å². The van der Waals surface area contributed by atoms with Crippen LogP contribution in [-0.4, -0.2) is 15.0 Å². The molecule has 0 aliphatic rings. The number of aromatic nitrogens is 3. The van der Waals surface area contributed by atoms with Crippen LogP contribution in [0.3, 0.4) is 0 Å². The van der Waals surface area contributed by atoms with Gasteiger partial charge in [0.25, 0.3) is 0 Å². The summed E-state index contributed by atoms with van der Waals surface area (Å²) >= 11 is 0. The second-order valence-corrected chi connectivity index (χ2v) is 14.0. The van der Waals surface area contributed by atoms with E-state index in [0.717, 1.165) is 82.4 Å². The van der Waals surface area contributed by atoms with E-state index in [1.807, 2.05) is 30.3 Å². The molecule has 2 aromatic heterocycles. The average molecular weight is 702 g/mol. The Hall–Kier alpha value is -7.43. The van der Waals surface area contributed by atoms with E-state index in [9.17, 15) is 0 Å². The summed E-state index contributed by atoms with van der Waals surface area (Å²) in [4.78, 5) is 15.3. The van der Waals surface area contributed by atoms with Crippen molar-refractivity contribution in [1.29, 1.82) is 0 Å². The first kappa shape index (κ1) is 31.1. The van der Waals surface area contributed by atoms with E-state index in [1.54, 1.807) is 0 Å². The van der Waals surface area contributed by atoms with Crippen molar-refractivity contribution in [3.8, 4) is 56.4 Å². The topological polar surface area (TPSA) is 51.8 Å². The summed E-state index contributed by atoms with van der Waals surface area (Å²) in [7, 11) is 0. The zero-order chi connectivity index (χ0) is 36.3. The van der Waals surface area contributed by atoms with Gasteiger partial charge in [0.2, 0.25) is 0 Å². The number of rotatable bonds is 5. The van der Waals surface area contributed by atoms with Crippen molar-refractivity contribution in [3.05, 3.63) is 188 Å².